The fraction of sp³-hybridized carbons (Fsp3) is 0.667. The summed E-state index contributed by atoms with van der Waals surface area (Å²) in [7, 11) is 0. The molecule has 4 atom stereocenters. The molecule has 21 heavy (non-hydrogen) atoms. The number of benzene rings is 1. The van der Waals surface area contributed by atoms with Crippen LogP contribution >= 0.6 is 0 Å². The van der Waals surface area contributed by atoms with Gasteiger partial charge in [-0.1, -0.05) is 44.2 Å². The number of β-amino-alcohol motifs (C(OH)–C–C–N with tert-alkyl or cyclic N) is 1. The molecule has 0 bridgehead atoms. The summed E-state index contributed by atoms with van der Waals surface area (Å²) in [6, 6.07) is 10.6. The first-order valence-electron chi connectivity index (χ1n) is 8.10. The molecule has 1 saturated heterocycles. The van der Waals surface area contributed by atoms with Gasteiger partial charge in [0.25, 0.3) is 0 Å². The van der Waals surface area contributed by atoms with E-state index in [2.05, 4.69) is 25.7 Å². The topological polar surface area (TPSA) is 32.7 Å². The van der Waals surface area contributed by atoms with Gasteiger partial charge < -0.3 is 9.84 Å². The van der Waals surface area contributed by atoms with E-state index >= 15 is 0 Å². The molecule has 1 N–H and O–H groups in total. The number of hydrogen-bond acceptors (Lipinski definition) is 3. The highest BCUT2D eigenvalue weighted by molar-refractivity contribution is 5.13. The highest BCUT2D eigenvalue weighted by Crippen LogP contribution is 2.26. The minimum atomic E-state index is -0.409. The Morgan fingerprint density at radius 2 is 1.95 bits per heavy atom. The van der Waals surface area contributed by atoms with Crippen molar-refractivity contribution in [2.45, 2.75) is 45.9 Å². The lowest BCUT2D eigenvalue weighted by Crippen LogP contribution is -2.49. The largest absolute Gasteiger partial charge is 0.389 e. The molecule has 1 fully saturated rings. The maximum Gasteiger partial charge on any atom is 0.0900 e. The van der Waals surface area contributed by atoms with Crippen molar-refractivity contribution in [3.8, 4) is 0 Å². The summed E-state index contributed by atoms with van der Waals surface area (Å²) in [5.41, 5.74) is 1.15. The minimum Gasteiger partial charge on any atom is -0.389 e. The number of likely N-dealkylation sites (tertiary alicyclic amines) is 1. The highest BCUT2D eigenvalue weighted by Gasteiger charge is 2.29. The van der Waals surface area contributed by atoms with Crippen LogP contribution in [-0.2, 0) is 11.3 Å². The van der Waals surface area contributed by atoms with E-state index in [1.807, 2.05) is 30.3 Å². The minimum absolute atomic E-state index is 0.404. The predicted molar refractivity (Wildman–Crippen MR) is 86.1 cm³/mol. The SMILES string of the molecule is CC1CC(C)C(C)N(CC(O)COCc2ccccc2)C1. The molecule has 1 heterocycles. The monoisotopic (exact) mass is 291 g/mol. The standard InChI is InChI=1S/C18H29NO2/c1-14-9-15(2)16(3)19(10-14)11-18(20)13-21-12-17-7-5-4-6-8-17/h4-8,14-16,18,20H,9-13H2,1-3H3. The predicted octanol–water partition coefficient (Wildman–Crippen LogP) is 2.93. The van der Waals surface area contributed by atoms with Crippen molar-refractivity contribution in [1.82, 2.24) is 4.90 Å². The molecule has 3 heteroatoms. The van der Waals surface area contributed by atoms with E-state index in [-0.39, 0.29) is 0 Å². The molecule has 1 aliphatic rings. The van der Waals surface area contributed by atoms with E-state index in [9.17, 15) is 5.11 Å². The van der Waals surface area contributed by atoms with E-state index in [1.54, 1.807) is 0 Å². The number of aliphatic hydroxyl groups excluding tert-OH is 1. The van der Waals surface area contributed by atoms with Crippen molar-refractivity contribution >= 4 is 0 Å². The van der Waals surface area contributed by atoms with Crippen molar-refractivity contribution in [3.63, 3.8) is 0 Å². The van der Waals surface area contributed by atoms with Gasteiger partial charge in [0.15, 0.2) is 0 Å². The molecule has 1 aromatic carbocycles. The smallest absolute Gasteiger partial charge is 0.0900 e. The fourth-order valence-corrected chi connectivity index (χ4v) is 3.28. The Hall–Kier alpha value is -0.900. The van der Waals surface area contributed by atoms with E-state index in [4.69, 9.17) is 4.74 Å². The first-order valence-corrected chi connectivity index (χ1v) is 8.10. The third-order valence-electron chi connectivity index (χ3n) is 4.59. The van der Waals surface area contributed by atoms with Crippen LogP contribution < -0.4 is 0 Å². The zero-order valence-corrected chi connectivity index (χ0v) is 13.5. The van der Waals surface area contributed by atoms with E-state index in [0.29, 0.717) is 37.6 Å². The second-order valence-electron chi connectivity index (χ2n) is 6.67. The molecule has 0 saturated carbocycles. The van der Waals surface area contributed by atoms with Gasteiger partial charge in [0.05, 0.1) is 19.3 Å². The number of nitrogens with zero attached hydrogens (tertiary/aromatic N) is 1. The summed E-state index contributed by atoms with van der Waals surface area (Å²) in [5, 5.41) is 10.2. The highest BCUT2D eigenvalue weighted by atomic mass is 16.5. The molecule has 118 valence electrons. The van der Waals surface area contributed by atoms with Crippen LogP contribution in [0.3, 0.4) is 0 Å². The average molecular weight is 291 g/mol. The van der Waals surface area contributed by atoms with Crippen LogP contribution in [0.5, 0.6) is 0 Å². The Bertz CT molecular complexity index is 409. The van der Waals surface area contributed by atoms with Crippen LogP contribution in [0.15, 0.2) is 30.3 Å². The van der Waals surface area contributed by atoms with Gasteiger partial charge in [0, 0.05) is 19.1 Å². The molecular formula is C18H29NO2. The zero-order chi connectivity index (χ0) is 15.2. The molecule has 0 aromatic heterocycles. The van der Waals surface area contributed by atoms with Gasteiger partial charge in [-0.15, -0.1) is 0 Å². The Kier molecular flexibility index (Phi) is 6.22. The van der Waals surface area contributed by atoms with Crippen LogP contribution in [0.2, 0.25) is 0 Å². The molecular weight excluding hydrogens is 262 g/mol. The number of ether oxygens (including phenoxy) is 1. The van der Waals surface area contributed by atoms with Gasteiger partial charge in [-0.05, 0) is 30.7 Å². The van der Waals surface area contributed by atoms with Crippen LogP contribution in [0.1, 0.15) is 32.8 Å². The summed E-state index contributed by atoms with van der Waals surface area (Å²) in [5.74, 6) is 1.42. The molecule has 3 nitrogen and oxygen atoms in total. The summed E-state index contributed by atoms with van der Waals surface area (Å²) in [6.45, 7) is 9.65. The number of piperidine rings is 1. The lowest BCUT2D eigenvalue weighted by atomic mass is 9.86. The van der Waals surface area contributed by atoms with Crippen LogP contribution in [-0.4, -0.2) is 41.8 Å². The Labute approximate surface area is 128 Å². The Balaban J connectivity index is 1.72. The molecule has 4 unspecified atom stereocenters. The Morgan fingerprint density at radius 3 is 2.67 bits per heavy atom. The van der Waals surface area contributed by atoms with Crippen molar-refractivity contribution in [1.29, 1.82) is 0 Å². The van der Waals surface area contributed by atoms with Gasteiger partial charge in [0.1, 0.15) is 0 Å². The zero-order valence-electron chi connectivity index (χ0n) is 13.5. The van der Waals surface area contributed by atoms with Crippen LogP contribution in [0.25, 0.3) is 0 Å². The first kappa shape index (κ1) is 16.5. The summed E-state index contributed by atoms with van der Waals surface area (Å²) in [6.07, 6.45) is 0.881. The van der Waals surface area contributed by atoms with Crippen molar-refractivity contribution in [2.24, 2.45) is 11.8 Å². The lowest BCUT2D eigenvalue weighted by molar-refractivity contribution is -0.0157. The summed E-state index contributed by atoms with van der Waals surface area (Å²) in [4.78, 5) is 2.41. The second-order valence-corrected chi connectivity index (χ2v) is 6.67. The van der Waals surface area contributed by atoms with Crippen LogP contribution in [0.4, 0.5) is 0 Å². The van der Waals surface area contributed by atoms with E-state index in [1.165, 1.54) is 6.42 Å². The van der Waals surface area contributed by atoms with Crippen molar-refractivity contribution in [3.05, 3.63) is 35.9 Å². The number of hydrogen-bond donors (Lipinski definition) is 1. The number of aliphatic hydroxyl groups is 1. The van der Waals surface area contributed by atoms with Gasteiger partial charge in [-0.3, -0.25) is 4.90 Å². The maximum absolute atomic E-state index is 10.2. The van der Waals surface area contributed by atoms with Crippen molar-refractivity contribution < 1.29 is 9.84 Å². The normalized spacial score (nSPS) is 28.5. The third-order valence-corrected chi connectivity index (χ3v) is 4.59. The molecule has 0 radical (unpaired) electrons. The Morgan fingerprint density at radius 1 is 1.24 bits per heavy atom. The first-order chi connectivity index (χ1) is 10.1. The van der Waals surface area contributed by atoms with Gasteiger partial charge >= 0.3 is 0 Å². The van der Waals surface area contributed by atoms with Gasteiger partial charge in [0.2, 0.25) is 0 Å². The van der Waals surface area contributed by atoms with Gasteiger partial charge in [-0.25, -0.2) is 0 Å². The quantitative estimate of drug-likeness (QED) is 0.874. The molecule has 2 rings (SSSR count). The van der Waals surface area contributed by atoms with Gasteiger partial charge in [-0.2, -0.15) is 0 Å². The third kappa shape index (κ3) is 5.10. The van der Waals surface area contributed by atoms with Crippen molar-refractivity contribution in [2.75, 3.05) is 19.7 Å². The maximum atomic E-state index is 10.2. The van der Waals surface area contributed by atoms with Crippen LogP contribution in [0, 0.1) is 11.8 Å². The molecule has 0 aliphatic carbocycles. The van der Waals surface area contributed by atoms with E-state index < -0.39 is 6.10 Å². The fourth-order valence-electron chi connectivity index (χ4n) is 3.28. The van der Waals surface area contributed by atoms with E-state index in [0.717, 1.165) is 12.1 Å². The molecule has 0 amide bonds. The second kappa shape index (κ2) is 7.92. The molecule has 0 spiro atoms. The average Bonchev–Trinajstić information content (AvgIpc) is 2.45. The summed E-state index contributed by atoms with van der Waals surface area (Å²) >= 11 is 0. The molecule has 1 aromatic rings. The molecule has 1 aliphatic heterocycles. The number of rotatable bonds is 6. The lowest BCUT2D eigenvalue weighted by Gasteiger charge is -2.41. The summed E-state index contributed by atoms with van der Waals surface area (Å²) < 4.78 is 5.64.